The molecule has 2 aromatic carbocycles. The van der Waals surface area contributed by atoms with Gasteiger partial charge in [-0.15, -0.1) is 0 Å². The zero-order chi connectivity index (χ0) is 23.4. The van der Waals surface area contributed by atoms with Crippen molar-refractivity contribution in [2.75, 3.05) is 29.9 Å². The fourth-order valence-electron chi connectivity index (χ4n) is 4.30. The maximum absolute atomic E-state index is 12.9. The Balaban J connectivity index is 1.48. The number of benzene rings is 2. The number of nitrogens with zero attached hydrogens (tertiary/aromatic N) is 4. The summed E-state index contributed by atoms with van der Waals surface area (Å²) in [5, 5.41) is 26.7. The van der Waals surface area contributed by atoms with Gasteiger partial charge in [-0.3, -0.25) is 4.79 Å². The van der Waals surface area contributed by atoms with Crippen molar-refractivity contribution in [1.82, 2.24) is 9.78 Å². The van der Waals surface area contributed by atoms with Crippen LogP contribution in [0.2, 0.25) is 5.02 Å². The molecule has 1 aliphatic heterocycles. The number of nitriles is 1. The molecule has 8 heteroatoms. The predicted molar refractivity (Wildman–Crippen MR) is 129 cm³/mol. The second-order valence-electron chi connectivity index (χ2n) is 8.27. The molecule has 0 radical (unpaired) electrons. The van der Waals surface area contributed by atoms with Crippen molar-refractivity contribution < 1.29 is 9.90 Å². The first-order valence-electron chi connectivity index (χ1n) is 11.0. The minimum atomic E-state index is -0.283. The van der Waals surface area contributed by atoms with Crippen molar-refractivity contribution in [2.24, 2.45) is 5.92 Å². The molecule has 1 aliphatic rings. The molecule has 2 N–H and O–H groups in total. The summed E-state index contributed by atoms with van der Waals surface area (Å²) in [7, 11) is 0. The lowest BCUT2D eigenvalue weighted by atomic mass is 9.93. The molecule has 4 rings (SSSR count). The molecule has 0 spiro atoms. The fraction of sp³-hybridized carbons (Fsp3) is 0.320. The van der Waals surface area contributed by atoms with E-state index >= 15 is 0 Å². The minimum absolute atomic E-state index is 0.223. The maximum Gasteiger partial charge on any atom is 0.259 e. The second kappa shape index (κ2) is 10.1. The van der Waals surface area contributed by atoms with E-state index in [9.17, 15) is 10.1 Å². The molecule has 170 valence electrons. The van der Waals surface area contributed by atoms with Crippen molar-refractivity contribution in [3.63, 3.8) is 0 Å². The van der Waals surface area contributed by atoms with E-state index < -0.39 is 0 Å². The third kappa shape index (κ3) is 5.03. The van der Waals surface area contributed by atoms with E-state index in [-0.39, 0.29) is 12.5 Å². The Bertz CT molecular complexity index is 1170. The number of halogens is 1. The zero-order valence-electron chi connectivity index (χ0n) is 18.5. The summed E-state index contributed by atoms with van der Waals surface area (Å²) >= 11 is 5.96. The zero-order valence-corrected chi connectivity index (χ0v) is 19.2. The van der Waals surface area contributed by atoms with Crippen LogP contribution in [-0.4, -0.2) is 40.5 Å². The Hall–Kier alpha value is -3.34. The number of aliphatic hydroxyl groups excluding tert-OH is 1. The number of carbonyl (C=O) groups excluding carboxylic acids is 1. The van der Waals surface area contributed by atoms with Gasteiger partial charge < -0.3 is 15.3 Å². The summed E-state index contributed by atoms with van der Waals surface area (Å²) in [4.78, 5) is 15.1. The topological polar surface area (TPSA) is 94.2 Å². The number of carbonyl (C=O) groups is 1. The van der Waals surface area contributed by atoms with Crippen LogP contribution in [0.1, 0.15) is 40.9 Å². The first-order valence-corrected chi connectivity index (χ1v) is 11.4. The summed E-state index contributed by atoms with van der Waals surface area (Å²) in [6.07, 6.45) is 4.37. The lowest BCUT2D eigenvalue weighted by molar-refractivity contribution is 0.102. The smallest absolute Gasteiger partial charge is 0.259 e. The summed E-state index contributed by atoms with van der Waals surface area (Å²) < 4.78 is 1.69. The molecule has 1 saturated heterocycles. The van der Waals surface area contributed by atoms with Gasteiger partial charge in [-0.05, 0) is 74.6 Å². The van der Waals surface area contributed by atoms with Gasteiger partial charge >= 0.3 is 0 Å². The Labute approximate surface area is 198 Å². The van der Waals surface area contributed by atoms with E-state index in [4.69, 9.17) is 16.7 Å². The largest absolute Gasteiger partial charge is 0.396 e. The molecule has 1 fully saturated rings. The predicted octanol–water partition coefficient (Wildman–Crippen LogP) is 4.56. The Morgan fingerprint density at radius 3 is 2.64 bits per heavy atom. The molecule has 7 nitrogen and oxygen atoms in total. The summed E-state index contributed by atoms with van der Waals surface area (Å²) in [5.41, 5.74) is 3.95. The van der Waals surface area contributed by atoms with Gasteiger partial charge in [0.25, 0.3) is 5.91 Å². The lowest BCUT2D eigenvalue weighted by Gasteiger charge is -2.34. The van der Waals surface area contributed by atoms with Gasteiger partial charge in [-0.25, -0.2) is 4.68 Å². The van der Waals surface area contributed by atoms with Crippen LogP contribution in [0.3, 0.4) is 0 Å². The van der Waals surface area contributed by atoms with Crippen LogP contribution in [-0.2, 0) is 0 Å². The van der Waals surface area contributed by atoms with Crippen molar-refractivity contribution in [3.8, 4) is 11.8 Å². The molecule has 1 aromatic heterocycles. The number of aromatic nitrogens is 2. The van der Waals surface area contributed by atoms with Gasteiger partial charge in [-0.1, -0.05) is 11.6 Å². The average molecular weight is 464 g/mol. The van der Waals surface area contributed by atoms with Crippen LogP contribution in [0.4, 0.5) is 11.4 Å². The molecule has 33 heavy (non-hydrogen) atoms. The van der Waals surface area contributed by atoms with E-state index in [2.05, 4.69) is 21.4 Å². The van der Waals surface area contributed by atoms with Gasteiger partial charge in [0, 0.05) is 30.4 Å². The van der Waals surface area contributed by atoms with Gasteiger partial charge in [0.05, 0.1) is 34.4 Å². The van der Waals surface area contributed by atoms with E-state index in [0.29, 0.717) is 33.4 Å². The third-order valence-electron chi connectivity index (χ3n) is 6.19. The normalized spacial score (nSPS) is 14.2. The van der Waals surface area contributed by atoms with Crippen LogP contribution in [0, 0.1) is 24.2 Å². The summed E-state index contributed by atoms with van der Waals surface area (Å²) in [6.45, 7) is 3.77. The summed E-state index contributed by atoms with van der Waals surface area (Å²) in [5.74, 6) is 0.251. The number of piperidine rings is 1. The Kier molecular flexibility index (Phi) is 6.97. The first-order chi connectivity index (χ1) is 16.0. The number of rotatable bonds is 6. The number of amides is 1. The molecule has 0 bridgehead atoms. The molecule has 0 saturated carbocycles. The van der Waals surface area contributed by atoms with Crippen molar-refractivity contribution in [1.29, 1.82) is 5.26 Å². The van der Waals surface area contributed by atoms with Crippen LogP contribution < -0.4 is 10.2 Å². The molecular formula is C25H26ClN5O2. The van der Waals surface area contributed by atoms with Crippen LogP contribution >= 0.6 is 11.6 Å². The van der Waals surface area contributed by atoms with E-state index in [1.54, 1.807) is 22.9 Å². The van der Waals surface area contributed by atoms with E-state index in [1.165, 1.54) is 6.20 Å². The first kappa shape index (κ1) is 22.8. The minimum Gasteiger partial charge on any atom is -0.396 e. The standard InChI is InChI=1S/C25H26ClN5O2/c1-17-23(16-28-31(17)22-5-2-20(26)3-6-22)25(33)29-21-4-7-24(19(14-21)15-27)30-11-8-18(9-12-30)10-13-32/h2-7,14,16,18,32H,8-13H2,1H3,(H,29,33). The summed E-state index contributed by atoms with van der Waals surface area (Å²) in [6, 6.07) is 14.9. The number of hydrogen-bond acceptors (Lipinski definition) is 5. The van der Waals surface area contributed by atoms with Crippen LogP contribution in [0.15, 0.2) is 48.7 Å². The average Bonchev–Trinajstić information content (AvgIpc) is 3.21. The van der Waals surface area contributed by atoms with Gasteiger partial charge in [0.1, 0.15) is 6.07 Å². The molecule has 1 amide bonds. The van der Waals surface area contributed by atoms with E-state index in [0.717, 1.165) is 43.7 Å². The third-order valence-corrected chi connectivity index (χ3v) is 6.45. The number of nitrogens with one attached hydrogen (secondary N) is 1. The van der Waals surface area contributed by atoms with E-state index in [1.807, 2.05) is 31.2 Å². The van der Waals surface area contributed by atoms with Gasteiger partial charge in [-0.2, -0.15) is 10.4 Å². The molecule has 0 unspecified atom stereocenters. The number of hydrogen-bond donors (Lipinski definition) is 2. The number of anilines is 2. The molecule has 0 atom stereocenters. The quantitative estimate of drug-likeness (QED) is 0.559. The van der Waals surface area contributed by atoms with Crippen molar-refractivity contribution >= 4 is 28.9 Å². The molecule has 0 aliphatic carbocycles. The van der Waals surface area contributed by atoms with Gasteiger partial charge in [0.2, 0.25) is 0 Å². The van der Waals surface area contributed by atoms with Crippen LogP contribution in [0.5, 0.6) is 0 Å². The highest BCUT2D eigenvalue weighted by molar-refractivity contribution is 6.30. The SMILES string of the molecule is Cc1c(C(=O)Nc2ccc(N3CCC(CCO)CC3)c(C#N)c2)cnn1-c1ccc(Cl)cc1. The van der Waals surface area contributed by atoms with Crippen LogP contribution in [0.25, 0.3) is 5.69 Å². The van der Waals surface area contributed by atoms with Gasteiger partial charge in [0.15, 0.2) is 0 Å². The fourth-order valence-corrected chi connectivity index (χ4v) is 4.42. The molecular weight excluding hydrogens is 438 g/mol. The Morgan fingerprint density at radius 1 is 1.24 bits per heavy atom. The lowest BCUT2D eigenvalue weighted by Crippen LogP contribution is -2.34. The second-order valence-corrected chi connectivity index (χ2v) is 8.71. The maximum atomic E-state index is 12.9. The highest BCUT2D eigenvalue weighted by atomic mass is 35.5. The monoisotopic (exact) mass is 463 g/mol. The van der Waals surface area contributed by atoms with Crippen molar-refractivity contribution in [2.45, 2.75) is 26.2 Å². The van der Waals surface area contributed by atoms with Crippen molar-refractivity contribution in [3.05, 3.63) is 70.5 Å². The highest BCUT2D eigenvalue weighted by Crippen LogP contribution is 2.29. The molecule has 2 heterocycles. The number of aliphatic hydroxyl groups is 1. The molecule has 3 aromatic rings. The highest BCUT2D eigenvalue weighted by Gasteiger charge is 2.22. The Morgan fingerprint density at radius 2 is 1.97 bits per heavy atom.